The van der Waals surface area contributed by atoms with E-state index in [9.17, 15) is 14.4 Å². The van der Waals surface area contributed by atoms with Crippen LogP contribution in [0.3, 0.4) is 0 Å². The number of hydrogen-bond donors (Lipinski definition) is 3. The first-order valence-corrected chi connectivity index (χ1v) is 9.91. The molecule has 27 heavy (non-hydrogen) atoms. The van der Waals surface area contributed by atoms with Crippen molar-refractivity contribution in [2.75, 3.05) is 10.6 Å². The van der Waals surface area contributed by atoms with E-state index in [1.54, 1.807) is 24.3 Å². The number of thiazole rings is 1. The fourth-order valence-corrected chi connectivity index (χ4v) is 4.46. The number of aryl methyl sites for hydroxylation is 2. The first kappa shape index (κ1) is 17.7. The molecule has 3 amide bonds. The smallest absolute Gasteiger partial charge is 0.254 e. The lowest BCUT2D eigenvalue weighted by atomic mass is 10.1. The van der Waals surface area contributed by atoms with Gasteiger partial charge in [-0.25, -0.2) is 4.98 Å². The van der Waals surface area contributed by atoms with Crippen LogP contribution in [0.1, 0.15) is 46.6 Å². The average molecular weight is 384 g/mol. The topological polar surface area (TPSA) is 100 Å². The van der Waals surface area contributed by atoms with E-state index in [0.717, 1.165) is 31.4 Å². The van der Waals surface area contributed by atoms with E-state index in [0.29, 0.717) is 16.4 Å². The van der Waals surface area contributed by atoms with E-state index in [4.69, 9.17) is 0 Å². The quantitative estimate of drug-likeness (QED) is 0.708. The van der Waals surface area contributed by atoms with E-state index in [-0.39, 0.29) is 18.2 Å². The van der Waals surface area contributed by atoms with Crippen LogP contribution in [0.2, 0.25) is 0 Å². The van der Waals surface area contributed by atoms with Gasteiger partial charge in [0.2, 0.25) is 11.8 Å². The zero-order valence-corrected chi connectivity index (χ0v) is 15.5. The second kappa shape index (κ2) is 7.48. The molecule has 0 spiro atoms. The minimum absolute atomic E-state index is 0.143. The van der Waals surface area contributed by atoms with Gasteiger partial charge in [-0.2, -0.15) is 0 Å². The van der Waals surface area contributed by atoms with Crippen molar-refractivity contribution in [3.63, 3.8) is 0 Å². The summed E-state index contributed by atoms with van der Waals surface area (Å²) in [7, 11) is 0. The zero-order valence-electron chi connectivity index (χ0n) is 14.7. The van der Waals surface area contributed by atoms with Crippen molar-refractivity contribution in [1.82, 2.24) is 10.3 Å². The summed E-state index contributed by atoms with van der Waals surface area (Å²) >= 11 is 1.50. The van der Waals surface area contributed by atoms with Gasteiger partial charge in [0.15, 0.2) is 5.13 Å². The molecule has 0 saturated carbocycles. The number of nitrogens with zero attached hydrogens (tertiary/aromatic N) is 1. The van der Waals surface area contributed by atoms with Crippen molar-refractivity contribution in [2.24, 2.45) is 0 Å². The summed E-state index contributed by atoms with van der Waals surface area (Å²) in [5.74, 6) is -1.12. The Morgan fingerprint density at radius 1 is 1.19 bits per heavy atom. The molecule has 0 fully saturated rings. The zero-order chi connectivity index (χ0) is 18.8. The van der Waals surface area contributed by atoms with Gasteiger partial charge < -0.3 is 16.0 Å². The minimum atomic E-state index is -0.928. The van der Waals surface area contributed by atoms with Crippen molar-refractivity contribution < 1.29 is 14.4 Å². The molecule has 2 heterocycles. The molecule has 8 heteroatoms. The number of carbonyl (C=O) groups is 3. The number of carbonyl (C=O) groups excluding carboxylic acids is 3. The highest BCUT2D eigenvalue weighted by Gasteiger charge is 2.29. The number of para-hydroxylation sites is 1. The van der Waals surface area contributed by atoms with Gasteiger partial charge in [-0.3, -0.25) is 14.4 Å². The number of benzene rings is 1. The number of rotatable bonds is 3. The second-order valence-corrected chi connectivity index (χ2v) is 7.85. The molecule has 1 aromatic heterocycles. The lowest BCUT2D eigenvalue weighted by Crippen LogP contribution is -2.43. The molecule has 3 N–H and O–H groups in total. The van der Waals surface area contributed by atoms with Gasteiger partial charge in [0.1, 0.15) is 6.04 Å². The first-order valence-electron chi connectivity index (χ1n) is 9.09. The molecule has 1 aliphatic carbocycles. The largest absolute Gasteiger partial charge is 0.340 e. The van der Waals surface area contributed by atoms with Gasteiger partial charge in [0.05, 0.1) is 23.4 Å². The van der Waals surface area contributed by atoms with Crippen molar-refractivity contribution in [3.05, 3.63) is 40.4 Å². The number of amides is 3. The van der Waals surface area contributed by atoms with Crippen LogP contribution in [-0.2, 0) is 22.4 Å². The summed E-state index contributed by atoms with van der Waals surface area (Å²) < 4.78 is 0. The Kier molecular flexibility index (Phi) is 4.89. The highest BCUT2D eigenvalue weighted by Crippen LogP contribution is 2.29. The van der Waals surface area contributed by atoms with Gasteiger partial charge in [0.25, 0.3) is 5.91 Å². The molecule has 2 aromatic rings. The Bertz CT molecular complexity index is 885. The first-order chi connectivity index (χ1) is 13.1. The Labute approximate surface area is 160 Å². The predicted octanol–water partition coefficient (Wildman–Crippen LogP) is 2.49. The lowest BCUT2D eigenvalue weighted by molar-refractivity contribution is -0.122. The van der Waals surface area contributed by atoms with E-state index in [1.165, 1.54) is 22.6 Å². The van der Waals surface area contributed by atoms with Gasteiger partial charge in [-0.05, 0) is 37.8 Å². The summed E-state index contributed by atoms with van der Waals surface area (Å²) in [5.41, 5.74) is 1.91. The molecular formula is C19H20N4O3S. The molecule has 1 aliphatic heterocycles. The third kappa shape index (κ3) is 3.85. The third-order valence-electron chi connectivity index (χ3n) is 4.78. The van der Waals surface area contributed by atoms with Crippen LogP contribution in [0.4, 0.5) is 10.8 Å². The van der Waals surface area contributed by atoms with Gasteiger partial charge in [0, 0.05) is 4.88 Å². The standard InChI is InChI=1S/C19H20N4O3S/c24-16(23-19-22-13-8-2-1-3-9-15(13)27-19)10-14-18(26)20-12-7-5-4-6-11(12)17(25)21-14/h4-7,14H,1-3,8-10H2,(H,20,26)(H,21,25)(H,22,23,24). The molecule has 1 unspecified atom stereocenters. The predicted molar refractivity (Wildman–Crippen MR) is 103 cm³/mol. The molecule has 0 saturated heterocycles. The van der Waals surface area contributed by atoms with Crippen molar-refractivity contribution >= 4 is 39.9 Å². The van der Waals surface area contributed by atoms with Crippen LogP contribution in [0.25, 0.3) is 0 Å². The number of hydrogen-bond acceptors (Lipinski definition) is 5. The number of anilines is 2. The summed E-state index contributed by atoms with van der Waals surface area (Å²) in [6, 6.07) is 5.84. The number of aromatic nitrogens is 1. The fourth-order valence-electron chi connectivity index (χ4n) is 3.39. The summed E-state index contributed by atoms with van der Waals surface area (Å²) in [6.45, 7) is 0. The lowest BCUT2D eigenvalue weighted by Gasteiger charge is -2.13. The molecule has 140 valence electrons. The molecule has 0 radical (unpaired) electrons. The number of nitrogens with one attached hydrogen (secondary N) is 3. The van der Waals surface area contributed by atoms with E-state index >= 15 is 0 Å². The molecular weight excluding hydrogens is 364 g/mol. The maximum atomic E-state index is 12.4. The summed E-state index contributed by atoms with van der Waals surface area (Å²) in [5, 5.41) is 8.68. The SMILES string of the molecule is O=C(CC1NC(=O)c2ccccc2NC1=O)Nc1nc2c(s1)CCCCC2. The molecule has 7 nitrogen and oxygen atoms in total. The van der Waals surface area contributed by atoms with Crippen molar-refractivity contribution in [2.45, 2.75) is 44.6 Å². The van der Waals surface area contributed by atoms with Crippen LogP contribution in [0.15, 0.2) is 24.3 Å². The van der Waals surface area contributed by atoms with Gasteiger partial charge in [-0.15, -0.1) is 11.3 Å². The molecule has 1 atom stereocenters. The minimum Gasteiger partial charge on any atom is -0.340 e. The van der Waals surface area contributed by atoms with Crippen LogP contribution in [0, 0.1) is 0 Å². The third-order valence-corrected chi connectivity index (χ3v) is 5.86. The van der Waals surface area contributed by atoms with E-state index in [1.807, 2.05) is 0 Å². The van der Waals surface area contributed by atoms with Gasteiger partial charge >= 0.3 is 0 Å². The Balaban J connectivity index is 1.42. The molecule has 0 bridgehead atoms. The van der Waals surface area contributed by atoms with E-state index in [2.05, 4.69) is 20.9 Å². The van der Waals surface area contributed by atoms with Crippen LogP contribution >= 0.6 is 11.3 Å². The van der Waals surface area contributed by atoms with Crippen LogP contribution in [-0.4, -0.2) is 28.7 Å². The number of fused-ring (bicyclic) bond motifs is 2. The van der Waals surface area contributed by atoms with Crippen molar-refractivity contribution in [1.29, 1.82) is 0 Å². The average Bonchev–Trinajstić information content (AvgIpc) is 2.81. The summed E-state index contributed by atoms with van der Waals surface area (Å²) in [6.07, 6.45) is 5.29. The Morgan fingerprint density at radius 3 is 2.89 bits per heavy atom. The molecule has 2 aliphatic rings. The van der Waals surface area contributed by atoms with E-state index < -0.39 is 11.9 Å². The maximum absolute atomic E-state index is 12.4. The second-order valence-electron chi connectivity index (χ2n) is 6.76. The normalized spacial score (nSPS) is 19.0. The van der Waals surface area contributed by atoms with Crippen LogP contribution < -0.4 is 16.0 Å². The highest BCUT2D eigenvalue weighted by atomic mass is 32.1. The van der Waals surface area contributed by atoms with Crippen LogP contribution in [0.5, 0.6) is 0 Å². The Hall–Kier alpha value is -2.74. The Morgan fingerprint density at radius 2 is 2.00 bits per heavy atom. The van der Waals surface area contributed by atoms with Crippen molar-refractivity contribution in [3.8, 4) is 0 Å². The molecule has 1 aromatic carbocycles. The fraction of sp³-hybridized carbons (Fsp3) is 0.368. The summed E-state index contributed by atoms with van der Waals surface area (Å²) in [4.78, 5) is 42.9. The molecule has 4 rings (SSSR count). The maximum Gasteiger partial charge on any atom is 0.254 e. The monoisotopic (exact) mass is 384 g/mol. The highest BCUT2D eigenvalue weighted by molar-refractivity contribution is 7.15. The van der Waals surface area contributed by atoms with Gasteiger partial charge in [-0.1, -0.05) is 18.6 Å².